The van der Waals surface area contributed by atoms with Crippen molar-refractivity contribution in [3.05, 3.63) is 35.2 Å². The van der Waals surface area contributed by atoms with Crippen LogP contribution in [0.5, 0.6) is 5.75 Å². The van der Waals surface area contributed by atoms with Gasteiger partial charge in [-0.1, -0.05) is 11.6 Å². The Morgan fingerprint density at radius 2 is 1.84 bits per heavy atom. The van der Waals surface area contributed by atoms with Gasteiger partial charge >= 0.3 is 6.18 Å². The molecule has 1 atom stereocenters. The SMILES string of the molecule is CNC1CC(Oc2cc(F)c(-c3c(Cl)nc4ncnn4c3NC(C)C(F)(F)F)c(F)c2)C1. The zero-order valence-electron chi connectivity index (χ0n) is 16.8. The number of fused-ring (bicyclic) bond motifs is 1. The number of nitrogens with zero attached hydrogens (tertiary/aromatic N) is 4. The summed E-state index contributed by atoms with van der Waals surface area (Å²) in [7, 11) is 1.81. The lowest BCUT2D eigenvalue weighted by atomic mass is 9.89. The second kappa shape index (κ2) is 8.32. The minimum Gasteiger partial charge on any atom is -0.490 e. The molecule has 1 unspecified atom stereocenters. The first-order chi connectivity index (χ1) is 15.1. The van der Waals surface area contributed by atoms with Gasteiger partial charge in [-0.2, -0.15) is 32.8 Å². The van der Waals surface area contributed by atoms with Crippen molar-refractivity contribution in [1.29, 1.82) is 0 Å². The van der Waals surface area contributed by atoms with Crippen LogP contribution in [-0.4, -0.2) is 51.0 Å². The summed E-state index contributed by atoms with van der Waals surface area (Å²) in [4.78, 5) is 7.68. The minimum absolute atomic E-state index is 0.0348. The molecule has 172 valence electrons. The Bertz CT molecular complexity index is 1120. The van der Waals surface area contributed by atoms with Crippen molar-refractivity contribution in [2.75, 3.05) is 12.4 Å². The normalized spacial score (nSPS) is 19.6. The van der Waals surface area contributed by atoms with Gasteiger partial charge in [0.15, 0.2) is 0 Å². The summed E-state index contributed by atoms with van der Waals surface area (Å²) in [5, 5.41) is 8.63. The van der Waals surface area contributed by atoms with Gasteiger partial charge in [-0.25, -0.2) is 8.78 Å². The van der Waals surface area contributed by atoms with Crippen molar-refractivity contribution >= 4 is 23.2 Å². The molecule has 1 aromatic carbocycles. The number of halogens is 6. The van der Waals surface area contributed by atoms with Crippen molar-refractivity contribution in [2.45, 2.75) is 44.1 Å². The molecule has 1 aliphatic rings. The molecule has 0 amide bonds. The van der Waals surface area contributed by atoms with Gasteiger partial charge in [0.2, 0.25) is 0 Å². The molecule has 0 radical (unpaired) electrons. The maximum atomic E-state index is 15.1. The lowest BCUT2D eigenvalue weighted by Crippen LogP contribution is -2.45. The van der Waals surface area contributed by atoms with E-state index in [0.29, 0.717) is 12.8 Å². The minimum atomic E-state index is -4.65. The number of hydrogen-bond donors (Lipinski definition) is 2. The van der Waals surface area contributed by atoms with E-state index >= 15 is 8.78 Å². The van der Waals surface area contributed by atoms with E-state index in [9.17, 15) is 13.2 Å². The smallest absolute Gasteiger partial charge is 0.408 e. The Kier molecular flexibility index (Phi) is 5.84. The Morgan fingerprint density at radius 1 is 1.19 bits per heavy atom. The molecule has 2 N–H and O–H groups in total. The molecule has 2 aromatic heterocycles. The Morgan fingerprint density at radius 3 is 2.44 bits per heavy atom. The third kappa shape index (κ3) is 4.16. The van der Waals surface area contributed by atoms with Gasteiger partial charge in [-0.3, -0.25) is 0 Å². The Hall–Kier alpha value is -2.73. The molecule has 0 aliphatic heterocycles. The first kappa shape index (κ1) is 22.5. The van der Waals surface area contributed by atoms with Crippen LogP contribution in [-0.2, 0) is 0 Å². The molecule has 2 heterocycles. The van der Waals surface area contributed by atoms with E-state index in [2.05, 4.69) is 25.7 Å². The maximum Gasteiger partial charge on any atom is 0.408 e. The van der Waals surface area contributed by atoms with Gasteiger partial charge in [0.1, 0.15) is 46.8 Å². The van der Waals surface area contributed by atoms with E-state index in [1.54, 1.807) is 0 Å². The average molecular weight is 477 g/mol. The molecule has 1 aliphatic carbocycles. The van der Waals surface area contributed by atoms with E-state index in [1.807, 2.05) is 7.05 Å². The zero-order chi connectivity index (χ0) is 23.2. The highest BCUT2D eigenvalue weighted by atomic mass is 35.5. The van der Waals surface area contributed by atoms with Crippen LogP contribution < -0.4 is 15.4 Å². The molecule has 32 heavy (non-hydrogen) atoms. The number of aromatic nitrogens is 4. The molecule has 4 rings (SSSR count). The number of rotatable bonds is 6. The number of anilines is 1. The fraction of sp³-hybridized carbons (Fsp3) is 0.421. The van der Waals surface area contributed by atoms with Gasteiger partial charge in [0, 0.05) is 18.2 Å². The summed E-state index contributed by atoms with van der Waals surface area (Å²) in [6.07, 6.45) is -2.44. The van der Waals surface area contributed by atoms with Crippen LogP contribution in [0.2, 0.25) is 5.15 Å². The van der Waals surface area contributed by atoms with E-state index in [1.165, 1.54) is 0 Å². The third-order valence-corrected chi connectivity index (χ3v) is 5.57. The van der Waals surface area contributed by atoms with Crippen LogP contribution in [0, 0.1) is 11.6 Å². The van der Waals surface area contributed by atoms with Crippen molar-refractivity contribution in [1.82, 2.24) is 24.9 Å². The van der Waals surface area contributed by atoms with Crippen LogP contribution in [0.25, 0.3) is 16.9 Å². The quantitative estimate of drug-likeness (QED) is 0.410. The fourth-order valence-electron chi connectivity index (χ4n) is 3.41. The Labute approximate surface area is 183 Å². The maximum absolute atomic E-state index is 15.1. The number of hydrogen-bond acceptors (Lipinski definition) is 6. The molecule has 0 spiro atoms. The predicted octanol–water partition coefficient (Wildman–Crippen LogP) is 4.21. The lowest BCUT2D eigenvalue weighted by Gasteiger charge is -2.35. The molecule has 7 nitrogen and oxygen atoms in total. The monoisotopic (exact) mass is 476 g/mol. The number of ether oxygens (including phenoxy) is 1. The molecule has 0 saturated heterocycles. The highest BCUT2D eigenvalue weighted by Gasteiger charge is 2.38. The van der Waals surface area contributed by atoms with E-state index in [-0.39, 0.29) is 23.7 Å². The third-order valence-electron chi connectivity index (χ3n) is 5.30. The van der Waals surface area contributed by atoms with Crippen LogP contribution in [0.4, 0.5) is 27.8 Å². The summed E-state index contributed by atoms with van der Waals surface area (Å²) in [5.41, 5.74) is -1.08. The second-order valence-electron chi connectivity index (χ2n) is 7.46. The summed E-state index contributed by atoms with van der Waals surface area (Å²) < 4.78 is 76.2. The molecule has 1 fully saturated rings. The molecular weight excluding hydrogens is 459 g/mol. The fourth-order valence-corrected chi connectivity index (χ4v) is 3.66. The number of nitrogens with one attached hydrogen (secondary N) is 2. The number of alkyl halides is 3. The lowest BCUT2D eigenvalue weighted by molar-refractivity contribution is -0.138. The van der Waals surface area contributed by atoms with E-state index in [4.69, 9.17) is 16.3 Å². The molecule has 13 heteroatoms. The summed E-state index contributed by atoms with van der Waals surface area (Å²) >= 11 is 6.14. The van der Waals surface area contributed by atoms with Crippen molar-refractivity contribution in [3.63, 3.8) is 0 Å². The van der Waals surface area contributed by atoms with Gasteiger partial charge in [0.25, 0.3) is 5.78 Å². The molecular formula is C19H18ClF5N6O. The highest BCUT2D eigenvalue weighted by Crippen LogP contribution is 2.40. The second-order valence-corrected chi connectivity index (χ2v) is 7.82. The van der Waals surface area contributed by atoms with Crippen molar-refractivity contribution in [3.8, 4) is 16.9 Å². The van der Waals surface area contributed by atoms with Crippen LogP contribution in [0.15, 0.2) is 18.5 Å². The average Bonchev–Trinajstić information content (AvgIpc) is 3.13. The molecule has 3 aromatic rings. The van der Waals surface area contributed by atoms with Gasteiger partial charge < -0.3 is 15.4 Å². The zero-order valence-corrected chi connectivity index (χ0v) is 17.6. The van der Waals surface area contributed by atoms with Crippen molar-refractivity contribution < 1.29 is 26.7 Å². The molecule has 0 bridgehead atoms. The summed E-state index contributed by atoms with van der Waals surface area (Å²) in [6.45, 7) is 0.849. The molecule has 1 saturated carbocycles. The first-order valence-corrected chi connectivity index (χ1v) is 10.0. The standard InChI is InChI=1S/C19H18ClF5N6O/c1-8(19(23,24)25)29-17-15(16(20)30-18-27-7-28-31(17)18)14-12(21)5-11(6-13(14)22)32-10-3-9(4-10)26-2/h5-10,26,29H,3-4H2,1-2H3. The Balaban J connectivity index is 1.77. The van der Waals surface area contributed by atoms with Crippen LogP contribution in [0.3, 0.4) is 0 Å². The van der Waals surface area contributed by atoms with E-state index < -0.39 is 46.0 Å². The van der Waals surface area contributed by atoms with Crippen LogP contribution in [0.1, 0.15) is 19.8 Å². The predicted molar refractivity (Wildman–Crippen MR) is 107 cm³/mol. The largest absolute Gasteiger partial charge is 0.490 e. The topological polar surface area (TPSA) is 76.4 Å². The summed E-state index contributed by atoms with van der Waals surface area (Å²) in [6, 6.07) is 0.116. The van der Waals surface area contributed by atoms with Crippen molar-refractivity contribution in [2.24, 2.45) is 0 Å². The first-order valence-electron chi connectivity index (χ1n) is 9.64. The number of benzene rings is 1. The highest BCUT2D eigenvalue weighted by molar-refractivity contribution is 6.33. The van der Waals surface area contributed by atoms with Gasteiger partial charge in [-0.15, -0.1) is 0 Å². The summed E-state index contributed by atoms with van der Waals surface area (Å²) in [5.74, 6) is -2.72. The van der Waals surface area contributed by atoms with E-state index in [0.717, 1.165) is 29.9 Å². The van der Waals surface area contributed by atoms with Crippen LogP contribution >= 0.6 is 11.6 Å². The van der Waals surface area contributed by atoms with Gasteiger partial charge in [0.05, 0.1) is 11.1 Å². The van der Waals surface area contributed by atoms with Gasteiger partial charge in [-0.05, 0) is 26.8 Å².